The monoisotopic (exact) mass is 223 g/mol. The van der Waals surface area contributed by atoms with E-state index in [1.54, 1.807) is 21.3 Å². The first-order chi connectivity index (χ1) is 7.81. The minimum Gasteiger partial charge on any atom is -0.496 e. The number of rotatable bonds is 3. The predicted octanol–water partition coefficient (Wildman–Crippen LogP) is 1.36. The molecular weight excluding hydrogens is 206 g/mol. The summed E-state index contributed by atoms with van der Waals surface area (Å²) in [6.45, 7) is 1.77. The molecule has 0 spiro atoms. The smallest absolute Gasteiger partial charge is 0.165 e. The van der Waals surface area contributed by atoms with Crippen molar-refractivity contribution in [3.63, 3.8) is 0 Å². The normalized spacial score (nSPS) is 14.2. The van der Waals surface area contributed by atoms with Crippen molar-refractivity contribution in [3.8, 4) is 17.2 Å². The molecular formula is C12H17NO3. The van der Waals surface area contributed by atoms with Crippen LogP contribution in [0.4, 0.5) is 0 Å². The zero-order valence-corrected chi connectivity index (χ0v) is 9.92. The first kappa shape index (κ1) is 11.1. The molecule has 1 N–H and O–H groups in total. The van der Waals surface area contributed by atoms with E-state index in [0.717, 1.165) is 42.3 Å². The van der Waals surface area contributed by atoms with Crippen LogP contribution in [0.2, 0.25) is 0 Å². The Bertz CT molecular complexity index is 368. The third kappa shape index (κ3) is 1.69. The van der Waals surface area contributed by atoms with Crippen LogP contribution >= 0.6 is 0 Å². The molecule has 0 unspecified atom stereocenters. The summed E-state index contributed by atoms with van der Waals surface area (Å²) < 4.78 is 16.1. The van der Waals surface area contributed by atoms with Gasteiger partial charge in [-0.1, -0.05) is 0 Å². The summed E-state index contributed by atoms with van der Waals surface area (Å²) in [6, 6.07) is 1.89. The summed E-state index contributed by atoms with van der Waals surface area (Å²) in [5.41, 5.74) is 2.36. The van der Waals surface area contributed by atoms with Crippen LogP contribution in [0.1, 0.15) is 11.1 Å². The van der Waals surface area contributed by atoms with Gasteiger partial charge >= 0.3 is 0 Å². The van der Waals surface area contributed by atoms with Gasteiger partial charge in [-0.15, -0.1) is 0 Å². The molecule has 0 radical (unpaired) electrons. The van der Waals surface area contributed by atoms with Gasteiger partial charge in [0.1, 0.15) is 5.75 Å². The lowest BCUT2D eigenvalue weighted by Gasteiger charge is -2.23. The van der Waals surface area contributed by atoms with E-state index in [-0.39, 0.29) is 0 Å². The molecule has 0 aliphatic carbocycles. The fraction of sp³-hybridized carbons (Fsp3) is 0.500. The van der Waals surface area contributed by atoms with E-state index in [4.69, 9.17) is 14.2 Å². The fourth-order valence-electron chi connectivity index (χ4n) is 2.15. The van der Waals surface area contributed by atoms with Crippen molar-refractivity contribution in [1.82, 2.24) is 5.32 Å². The van der Waals surface area contributed by atoms with Gasteiger partial charge < -0.3 is 19.5 Å². The highest BCUT2D eigenvalue weighted by molar-refractivity contribution is 5.58. The maximum atomic E-state index is 5.41. The second kappa shape index (κ2) is 4.61. The van der Waals surface area contributed by atoms with Crippen molar-refractivity contribution < 1.29 is 14.2 Å². The van der Waals surface area contributed by atoms with Gasteiger partial charge in [0.15, 0.2) is 11.5 Å². The second-order valence-corrected chi connectivity index (χ2v) is 3.70. The standard InChI is InChI=1S/C12H17NO3/c1-14-10-6-11(15-2)12(16-3)9-7-13-5-4-8(9)10/h6,13H,4-5,7H2,1-3H3. The van der Waals surface area contributed by atoms with Gasteiger partial charge in [-0.05, 0) is 13.0 Å². The van der Waals surface area contributed by atoms with Crippen LogP contribution in [0.25, 0.3) is 0 Å². The van der Waals surface area contributed by atoms with Crippen LogP contribution in [0, 0.1) is 0 Å². The maximum absolute atomic E-state index is 5.41. The Morgan fingerprint density at radius 3 is 2.38 bits per heavy atom. The lowest BCUT2D eigenvalue weighted by Crippen LogP contribution is -2.24. The van der Waals surface area contributed by atoms with Crippen molar-refractivity contribution >= 4 is 0 Å². The molecule has 0 amide bonds. The number of methoxy groups -OCH3 is 3. The zero-order chi connectivity index (χ0) is 11.5. The first-order valence-corrected chi connectivity index (χ1v) is 5.33. The van der Waals surface area contributed by atoms with Crippen molar-refractivity contribution in [1.29, 1.82) is 0 Å². The second-order valence-electron chi connectivity index (χ2n) is 3.70. The molecule has 0 saturated heterocycles. The predicted molar refractivity (Wildman–Crippen MR) is 61.5 cm³/mol. The maximum Gasteiger partial charge on any atom is 0.165 e. The molecule has 1 heterocycles. The average molecular weight is 223 g/mol. The summed E-state index contributed by atoms with van der Waals surface area (Å²) in [6.07, 6.45) is 0.957. The first-order valence-electron chi connectivity index (χ1n) is 5.33. The lowest BCUT2D eigenvalue weighted by molar-refractivity contribution is 0.340. The molecule has 1 aromatic rings. The number of nitrogens with one attached hydrogen (secondary N) is 1. The number of ether oxygens (including phenoxy) is 3. The van der Waals surface area contributed by atoms with Crippen molar-refractivity contribution in [2.75, 3.05) is 27.9 Å². The molecule has 0 bridgehead atoms. The number of benzene rings is 1. The van der Waals surface area contributed by atoms with Crippen LogP contribution in [0.15, 0.2) is 6.07 Å². The van der Waals surface area contributed by atoms with Crippen molar-refractivity contribution in [3.05, 3.63) is 17.2 Å². The highest BCUT2D eigenvalue weighted by Crippen LogP contribution is 2.40. The summed E-state index contributed by atoms with van der Waals surface area (Å²) in [7, 11) is 4.99. The quantitative estimate of drug-likeness (QED) is 0.840. The van der Waals surface area contributed by atoms with Gasteiger partial charge in [0.25, 0.3) is 0 Å². The van der Waals surface area contributed by atoms with Crippen molar-refractivity contribution in [2.45, 2.75) is 13.0 Å². The van der Waals surface area contributed by atoms with Gasteiger partial charge in [0.05, 0.1) is 21.3 Å². The topological polar surface area (TPSA) is 39.7 Å². The average Bonchev–Trinajstić information content (AvgIpc) is 2.36. The summed E-state index contributed by atoms with van der Waals surface area (Å²) >= 11 is 0. The van der Waals surface area contributed by atoms with E-state index >= 15 is 0 Å². The SMILES string of the molecule is COc1cc(OC)c(OC)c2c1CCNC2. The third-order valence-corrected chi connectivity index (χ3v) is 2.92. The molecule has 1 aliphatic rings. The van der Waals surface area contributed by atoms with E-state index in [9.17, 15) is 0 Å². The highest BCUT2D eigenvalue weighted by atomic mass is 16.5. The molecule has 1 aliphatic heterocycles. The molecule has 1 aromatic carbocycles. The van der Waals surface area contributed by atoms with E-state index in [0.29, 0.717) is 0 Å². The fourth-order valence-corrected chi connectivity index (χ4v) is 2.15. The van der Waals surface area contributed by atoms with Crippen LogP contribution < -0.4 is 19.5 Å². The molecule has 0 atom stereocenters. The highest BCUT2D eigenvalue weighted by Gasteiger charge is 2.22. The number of fused-ring (bicyclic) bond motifs is 1. The Morgan fingerprint density at radius 2 is 1.75 bits per heavy atom. The van der Waals surface area contributed by atoms with Gasteiger partial charge in [0, 0.05) is 23.7 Å². The van der Waals surface area contributed by atoms with Gasteiger partial charge in [-0.2, -0.15) is 0 Å². The van der Waals surface area contributed by atoms with E-state index < -0.39 is 0 Å². The van der Waals surface area contributed by atoms with Crippen LogP contribution in [0.3, 0.4) is 0 Å². The molecule has 0 saturated carbocycles. The zero-order valence-electron chi connectivity index (χ0n) is 9.92. The van der Waals surface area contributed by atoms with Crippen LogP contribution in [0.5, 0.6) is 17.2 Å². The van der Waals surface area contributed by atoms with Crippen LogP contribution in [-0.4, -0.2) is 27.9 Å². The Balaban J connectivity index is 2.60. The summed E-state index contributed by atoms with van der Waals surface area (Å²) in [5, 5.41) is 3.33. The molecule has 2 rings (SSSR count). The lowest BCUT2D eigenvalue weighted by atomic mass is 9.98. The third-order valence-electron chi connectivity index (χ3n) is 2.92. The van der Waals surface area contributed by atoms with E-state index in [1.165, 1.54) is 5.56 Å². The molecule has 0 aromatic heterocycles. The molecule has 0 fully saturated rings. The van der Waals surface area contributed by atoms with Crippen molar-refractivity contribution in [2.24, 2.45) is 0 Å². The van der Waals surface area contributed by atoms with E-state index in [1.807, 2.05) is 6.07 Å². The molecule has 88 valence electrons. The summed E-state index contributed by atoms with van der Waals surface area (Å²) in [5.74, 6) is 2.42. The number of hydrogen-bond donors (Lipinski definition) is 1. The van der Waals surface area contributed by atoms with Gasteiger partial charge in [-0.25, -0.2) is 0 Å². The molecule has 4 nitrogen and oxygen atoms in total. The van der Waals surface area contributed by atoms with E-state index in [2.05, 4.69) is 5.32 Å². The minimum atomic E-state index is 0.724. The minimum absolute atomic E-state index is 0.724. The largest absolute Gasteiger partial charge is 0.496 e. The van der Waals surface area contributed by atoms with Gasteiger partial charge in [0.2, 0.25) is 0 Å². The number of hydrogen-bond acceptors (Lipinski definition) is 4. The van der Waals surface area contributed by atoms with Crippen LogP contribution in [-0.2, 0) is 13.0 Å². The molecule has 4 heteroatoms. The Kier molecular flexibility index (Phi) is 3.19. The molecule has 16 heavy (non-hydrogen) atoms. The Labute approximate surface area is 95.5 Å². The Morgan fingerprint density at radius 1 is 1.00 bits per heavy atom. The van der Waals surface area contributed by atoms with Gasteiger partial charge in [-0.3, -0.25) is 0 Å². The summed E-state index contributed by atoms with van der Waals surface area (Å²) in [4.78, 5) is 0. The Hall–Kier alpha value is -1.42.